The van der Waals surface area contributed by atoms with Crippen molar-refractivity contribution < 1.29 is 4.79 Å². The number of amides is 1. The lowest BCUT2D eigenvalue weighted by molar-refractivity contribution is -0.132. The fourth-order valence-corrected chi connectivity index (χ4v) is 5.63. The third kappa shape index (κ3) is 4.23. The van der Waals surface area contributed by atoms with E-state index in [-0.39, 0.29) is 5.54 Å². The van der Waals surface area contributed by atoms with Crippen LogP contribution in [0.15, 0.2) is 12.4 Å². The number of nitrogens with zero attached hydrogens (tertiary/aromatic N) is 4. The van der Waals surface area contributed by atoms with E-state index < -0.39 is 0 Å². The molecule has 4 rings (SSSR count). The lowest BCUT2D eigenvalue weighted by atomic mass is 9.84. The Bertz CT molecular complexity index is 636. The van der Waals surface area contributed by atoms with E-state index in [4.69, 9.17) is 0 Å². The molecule has 1 spiro atoms. The first-order valence-electron chi connectivity index (χ1n) is 11.2. The Morgan fingerprint density at radius 2 is 1.96 bits per heavy atom. The summed E-state index contributed by atoms with van der Waals surface area (Å²) >= 11 is 0. The Morgan fingerprint density at radius 1 is 1.11 bits per heavy atom. The molecule has 1 aromatic rings. The maximum Gasteiger partial charge on any atom is 0.223 e. The molecular weight excluding hydrogens is 336 g/mol. The first-order chi connectivity index (χ1) is 13.2. The van der Waals surface area contributed by atoms with Crippen molar-refractivity contribution in [1.29, 1.82) is 0 Å². The molecule has 1 saturated carbocycles. The van der Waals surface area contributed by atoms with Crippen LogP contribution < -0.4 is 0 Å². The zero-order valence-corrected chi connectivity index (χ0v) is 17.0. The smallest absolute Gasteiger partial charge is 0.223 e. The minimum absolute atomic E-state index is 0.150. The predicted octanol–water partition coefficient (Wildman–Crippen LogP) is 3.83. The molecule has 5 heteroatoms. The van der Waals surface area contributed by atoms with Crippen molar-refractivity contribution in [2.24, 2.45) is 5.92 Å². The number of carbonyl (C=O) groups is 1. The van der Waals surface area contributed by atoms with Crippen LogP contribution in [0.3, 0.4) is 0 Å². The minimum Gasteiger partial charge on any atom is -0.337 e. The van der Waals surface area contributed by atoms with Gasteiger partial charge in [0.2, 0.25) is 5.91 Å². The second kappa shape index (κ2) is 8.34. The molecule has 1 aromatic heterocycles. The second-order valence-electron chi connectivity index (χ2n) is 9.07. The summed E-state index contributed by atoms with van der Waals surface area (Å²) in [6.07, 6.45) is 16.3. The van der Waals surface area contributed by atoms with Gasteiger partial charge in [-0.25, -0.2) is 0 Å². The van der Waals surface area contributed by atoms with Crippen molar-refractivity contribution in [2.45, 2.75) is 89.8 Å². The molecule has 0 aromatic carbocycles. The number of aromatic nitrogens is 2. The summed E-state index contributed by atoms with van der Waals surface area (Å²) in [5.41, 5.74) is 1.46. The van der Waals surface area contributed by atoms with E-state index in [9.17, 15) is 4.79 Å². The van der Waals surface area contributed by atoms with Crippen LogP contribution >= 0.6 is 0 Å². The molecular formula is C22H36N4O. The second-order valence-corrected chi connectivity index (χ2v) is 9.07. The zero-order valence-electron chi connectivity index (χ0n) is 17.0. The fourth-order valence-electron chi connectivity index (χ4n) is 5.63. The van der Waals surface area contributed by atoms with E-state index in [2.05, 4.69) is 28.0 Å². The van der Waals surface area contributed by atoms with E-state index in [1.165, 1.54) is 50.5 Å². The normalized spacial score (nSPS) is 28.2. The van der Waals surface area contributed by atoms with Gasteiger partial charge in [0.05, 0.1) is 6.20 Å². The SMILES string of the molecule is CCn1cc(CN2CCC[C@@]3(CCC(=O)N3CC3CCCCC3)CC2)cn1. The molecule has 2 aliphatic heterocycles. The van der Waals surface area contributed by atoms with Crippen LogP contribution in [-0.2, 0) is 17.9 Å². The van der Waals surface area contributed by atoms with Gasteiger partial charge in [-0.3, -0.25) is 14.4 Å². The molecule has 0 N–H and O–H groups in total. The fraction of sp³-hybridized carbons (Fsp3) is 0.818. The van der Waals surface area contributed by atoms with E-state index in [0.717, 1.165) is 57.9 Å². The number of likely N-dealkylation sites (tertiary alicyclic amines) is 2. The summed E-state index contributed by atoms with van der Waals surface area (Å²) < 4.78 is 2.01. The van der Waals surface area contributed by atoms with Gasteiger partial charge in [-0.05, 0) is 57.9 Å². The van der Waals surface area contributed by atoms with Crippen molar-refractivity contribution in [3.05, 3.63) is 18.0 Å². The molecule has 0 unspecified atom stereocenters. The van der Waals surface area contributed by atoms with Crippen molar-refractivity contribution >= 4 is 5.91 Å². The quantitative estimate of drug-likeness (QED) is 0.789. The maximum atomic E-state index is 12.7. The predicted molar refractivity (Wildman–Crippen MR) is 107 cm³/mol. The number of rotatable bonds is 5. The number of hydrogen-bond acceptors (Lipinski definition) is 3. The van der Waals surface area contributed by atoms with Gasteiger partial charge in [-0.2, -0.15) is 5.10 Å². The van der Waals surface area contributed by atoms with Crippen molar-refractivity contribution in [2.75, 3.05) is 19.6 Å². The van der Waals surface area contributed by atoms with Gasteiger partial charge in [0.15, 0.2) is 0 Å². The molecule has 0 bridgehead atoms. The number of aryl methyl sites for hydroxylation is 1. The molecule has 0 radical (unpaired) electrons. The topological polar surface area (TPSA) is 41.4 Å². The van der Waals surface area contributed by atoms with Gasteiger partial charge in [0.25, 0.3) is 0 Å². The first-order valence-corrected chi connectivity index (χ1v) is 11.2. The highest BCUT2D eigenvalue weighted by Gasteiger charge is 2.46. The van der Waals surface area contributed by atoms with Crippen LogP contribution in [0.4, 0.5) is 0 Å². The lowest BCUT2D eigenvalue weighted by Crippen LogP contribution is -2.48. The summed E-state index contributed by atoms with van der Waals surface area (Å²) in [5.74, 6) is 1.18. The molecule has 5 nitrogen and oxygen atoms in total. The first kappa shape index (κ1) is 19.0. The molecule has 150 valence electrons. The van der Waals surface area contributed by atoms with Crippen LogP contribution in [0.5, 0.6) is 0 Å². The molecule has 2 saturated heterocycles. The molecule has 1 atom stereocenters. The number of hydrogen-bond donors (Lipinski definition) is 0. The number of carbonyl (C=O) groups excluding carboxylic acids is 1. The highest BCUT2D eigenvalue weighted by molar-refractivity contribution is 5.79. The van der Waals surface area contributed by atoms with Crippen LogP contribution in [0.1, 0.15) is 76.7 Å². The molecule has 3 fully saturated rings. The summed E-state index contributed by atoms with van der Waals surface area (Å²) in [7, 11) is 0. The highest BCUT2D eigenvalue weighted by Crippen LogP contribution is 2.41. The summed E-state index contributed by atoms with van der Waals surface area (Å²) in [5, 5.41) is 4.42. The summed E-state index contributed by atoms with van der Waals surface area (Å²) in [6.45, 7) is 7.33. The Labute approximate surface area is 164 Å². The lowest BCUT2D eigenvalue weighted by Gasteiger charge is -2.41. The van der Waals surface area contributed by atoms with Gasteiger partial charge in [-0.15, -0.1) is 0 Å². The minimum atomic E-state index is 0.150. The van der Waals surface area contributed by atoms with Crippen LogP contribution in [0.2, 0.25) is 0 Å². The maximum absolute atomic E-state index is 12.7. The van der Waals surface area contributed by atoms with Gasteiger partial charge in [0, 0.05) is 49.9 Å². The molecule has 3 heterocycles. The van der Waals surface area contributed by atoms with Gasteiger partial charge in [0.1, 0.15) is 0 Å². The van der Waals surface area contributed by atoms with E-state index in [0.29, 0.717) is 5.91 Å². The van der Waals surface area contributed by atoms with Gasteiger partial charge >= 0.3 is 0 Å². The third-order valence-corrected chi connectivity index (χ3v) is 7.27. The van der Waals surface area contributed by atoms with E-state index in [1.54, 1.807) is 0 Å². The van der Waals surface area contributed by atoms with E-state index >= 15 is 0 Å². The Balaban J connectivity index is 1.39. The molecule has 27 heavy (non-hydrogen) atoms. The van der Waals surface area contributed by atoms with E-state index in [1.807, 2.05) is 10.9 Å². The Kier molecular flexibility index (Phi) is 5.86. The van der Waals surface area contributed by atoms with Crippen LogP contribution in [0.25, 0.3) is 0 Å². The summed E-state index contributed by atoms with van der Waals surface area (Å²) in [6, 6.07) is 0. The monoisotopic (exact) mass is 372 g/mol. The third-order valence-electron chi connectivity index (χ3n) is 7.27. The van der Waals surface area contributed by atoms with Crippen LogP contribution in [-0.4, -0.2) is 50.7 Å². The average Bonchev–Trinajstić information content (AvgIpc) is 3.19. The Morgan fingerprint density at radius 3 is 2.74 bits per heavy atom. The van der Waals surface area contributed by atoms with Gasteiger partial charge < -0.3 is 4.90 Å². The van der Waals surface area contributed by atoms with Crippen molar-refractivity contribution in [3.63, 3.8) is 0 Å². The van der Waals surface area contributed by atoms with Crippen molar-refractivity contribution in [3.8, 4) is 0 Å². The molecule has 1 amide bonds. The van der Waals surface area contributed by atoms with Gasteiger partial charge in [-0.1, -0.05) is 19.3 Å². The zero-order chi connectivity index (χ0) is 18.7. The van der Waals surface area contributed by atoms with Crippen molar-refractivity contribution in [1.82, 2.24) is 19.6 Å². The average molecular weight is 373 g/mol. The largest absolute Gasteiger partial charge is 0.337 e. The van der Waals surface area contributed by atoms with Crippen LogP contribution in [0, 0.1) is 5.92 Å². The summed E-state index contributed by atoms with van der Waals surface area (Å²) in [4.78, 5) is 17.7. The standard InChI is InChI=1S/C22H36N4O/c1-2-25-17-20(15-23-25)16-24-13-6-10-22(12-14-24)11-9-21(27)26(22)18-19-7-4-3-5-8-19/h15,17,19H,2-14,16,18H2,1H3/t22-/m1/s1. The highest BCUT2D eigenvalue weighted by atomic mass is 16.2. The Hall–Kier alpha value is -1.36. The molecule has 1 aliphatic carbocycles. The molecule has 3 aliphatic rings.